The van der Waals surface area contributed by atoms with Crippen LogP contribution >= 0.6 is 27.3 Å². The predicted molar refractivity (Wildman–Crippen MR) is 84.1 cm³/mol. The first-order valence-corrected chi connectivity index (χ1v) is 7.55. The van der Waals surface area contributed by atoms with E-state index in [1.165, 1.54) is 23.5 Å². The number of benzene rings is 1. The van der Waals surface area contributed by atoms with Gasteiger partial charge in [-0.1, -0.05) is 15.9 Å². The SMILES string of the molecule is Cc1cc2c(Oc3ccc(Br)cc3F)nc(NN)nc2s1. The van der Waals surface area contributed by atoms with E-state index in [2.05, 4.69) is 31.3 Å². The summed E-state index contributed by atoms with van der Waals surface area (Å²) in [6, 6.07) is 6.45. The van der Waals surface area contributed by atoms with Crippen LogP contribution in [0.15, 0.2) is 28.7 Å². The molecule has 0 aliphatic carbocycles. The minimum Gasteiger partial charge on any atom is -0.435 e. The summed E-state index contributed by atoms with van der Waals surface area (Å²) < 4.78 is 20.1. The summed E-state index contributed by atoms with van der Waals surface area (Å²) in [5, 5.41) is 0.721. The molecule has 0 fully saturated rings. The number of ether oxygens (including phenoxy) is 1. The first-order valence-electron chi connectivity index (χ1n) is 5.94. The standard InChI is InChI=1S/C13H10BrFN4OS/c1-6-4-8-11(17-13(19-16)18-12(8)21-6)20-10-3-2-7(14)5-9(10)15/h2-5H,16H2,1H3,(H,17,18,19). The number of hydrogen-bond acceptors (Lipinski definition) is 6. The average molecular weight is 369 g/mol. The van der Waals surface area contributed by atoms with Crippen molar-refractivity contribution < 1.29 is 9.13 Å². The fourth-order valence-electron chi connectivity index (χ4n) is 1.82. The number of hydrazine groups is 1. The molecule has 108 valence electrons. The molecule has 2 heterocycles. The van der Waals surface area contributed by atoms with Crippen molar-refractivity contribution in [3.8, 4) is 11.6 Å². The summed E-state index contributed by atoms with van der Waals surface area (Å²) in [5.41, 5.74) is 2.38. The average Bonchev–Trinajstić information content (AvgIpc) is 2.82. The fraction of sp³-hybridized carbons (Fsp3) is 0.0769. The van der Waals surface area contributed by atoms with Crippen LogP contribution in [0.25, 0.3) is 10.2 Å². The van der Waals surface area contributed by atoms with Gasteiger partial charge in [-0.15, -0.1) is 11.3 Å². The topological polar surface area (TPSA) is 73.1 Å². The highest BCUT2D eigenvalue weighted by Crippen LogP contribution is 2.34. The Balaban J connectivity index is 2.10. The van der Waals surface area contributed by atoms with Gasteiger partial charge in [0.15, 0.2) is 11.6 Å². The van der Waals surface area contributed by atoms with Crippen molar-refractivity contribution in [1.82, 2.24) is 9.97 Å². The third-order valence-corrected chi connectivity index (χ3v) is 4.15. The van der Waals surface area contributed by atoms with E-state index < -0.39 is 5.82 Å². The number of fused-ring (bicyclic) bond motifs is 1. The zero-order valence-corrected chi connectivity index (χ0v) is 13.3. The second-order valence-electron chi connectivity index (χ2n) is 4.25. The molecular weight excluding hydrogens is 359 g/mol. The van der Waals surface area contributed by atoms with Gasteiger partial charge in [0.1, 0.15) is 4.83 Å². The lowest BCUT2D eigenvalue weighted by molar-refractivity contribution is 0.432. The summed E-state index contributed by atoms with van der Waals surface area (Å²) in [6.45, 7) is 1.95. The molecule has 8 heteroatoms. The molecule has 5 nitrogen and oxygen atoms in total. The van der Waals surface area contributed by atoms with Gasteiger partial charge >= 0.3 is 0 Å². The summed E-state index contributed by atoms with van der Waals surface area (Å²) >= 11 is 4.69. The van der Waals surface area contributed by atoms with Gasteiger partial charge in [0.25, 0.3) is 0 Å². The predicted octanol–water partition coefficient (Wildman–Crippen LogP) is 3.98. The van der Waals surface area contributed by atoms with Crippen molar-refractivity contribution in [2.45, 2.75) is 6.92 Å². The maximum atomic E-state index is 13.9. The fourth-order valence-corrected chi connectivity index (χ4v) is 3.02. The van der Waals surface area contributed by atoms with Crippen LogP contribution in [0.5, 0.6) is 11.6 Å². The number of thiophene rings is 1. The minimum absolute atomic E-state index is 0.0880. The monoisotopic (exact) mass is 368 g/mol. The summed E-state index contributed by atoms with van der Waals surface area (Å²) in [6.07, 6.45) is 0. The molecule has 1 aromatic carbocycles. The Morgan fingerprint density at radius 1 is 1.33 bits per heavy atom. The number of nitrogen functional groups attached to an aromatic ring is 1. The van der Waals surface area contributed by atoms with Crippen LogP contribution < -0.4 is 16.0 Å². The number of rotatable bonds is 3. The molecular formula is C13H10BrFN4OS. The number of aromatic nitrogens is 2. The number of hydrogen-bond donors (Lipinski definition) is 2. The highest BCUT2D eigenvalue weighted by Gasteiger charge is 2.14. The number of anilines is 1. The number of nitrogens with two attached hydrogens (primary N) is 1. The summed E-state index contributed by atoms with van der Waals surface area (Å²) in [4.78, 5) is 10.2. The maximum absolute atomic E-state index is 13.9. The zero-order chi connectivity index (χ0) is 15.0. The molecule has 0 atom stereocenters. The first kappa shape index (κ1) is 14.2. The Bertz CT molecular complexity index is 823. The van der Waals surface area contributed by atoms with Crippen LogP contribution in [0.3, 0.4) is 0 Å². The maximum Gasteiger partial charge on any atom is 0.241 e. The van der Waals surface area contributed by atoms with Gasteiger partial charge in [0, 0.05) is 9.35 Å². The Labute approximate surface area is 132 Å². The van der Waals surface area contributed by atoms with Gasteiger partial charge < -0.3 is 4.74 Å². The van der Waals surface area contributed by atoms with Gasteiger partial charge in [-0.05, 0) is 31.2 Å². The molecule has 3 rings (SSSR count). The zero-order valence-electron chi connectivity index (χ0n) is 10.9. The molecule has 3 aromatic rings. The molecule has 0 aliphatic heterocycles. The number of nitrogens with zero attached hydrogens (tertiary/aromatic N) is 2. The minimum atomic E-state index is -0.481. The van der Waals surface area contributed by atoms with E-state index in [1.807, 2.05) is 13.0 Å². The van der Waals surface area contributed by atoms with Crippen LogP contribution in [0.2, 0.25) is 0 Å². The van der Waals surface area contributed by atoms with Crippen molar-refractivity contribution >= 4 is 43.4 Å². The van der Waals surface area contributed by atoms with Gasteiger partial charge in [0.05, 0.1) is 5.39 Å². The Morgan fingerprint density at radius 2 is 2.14 bits per heavy atom. The highest BCUT2D eigenvalue weighted by atomic mass is 79.9. The molecule has 0 amide bonds. The van der Waals surface area contributed by atoms with Gasteiger partial charge in [-0.2, -0.15) is 4.98 Å². The number of halogens is 2. The smallest absolute Gasteiger partial charge is 0.241 e. The first-order chi connectivity index (χ1) is 10.1. The summed E-state index contributed by atoms with van der Waals surface area (Å²) in [7, 11) is 0. The van der Waals surface area contributed by atoms with Crippen LogP contribution in [0.4, 0.5) is 10.3 Å². The third-order valence-electron chi connectivity index (χ3n) is 2.71. The van der Waals surface area contributed by atoms with Gasteiger partial charge in [-0.3, -0.25) is 5.43 Å². The van der Waals surface area contributed by atoms with E-state index >= 15 is 0 Å². The number of nitrogens with one attached hydrogen (secondary N) is 1. The molecule has 0 aliphatic rings. The molecule has 0 saturated carbocycles. The second kappa shape index (κ2) is 5.55. The lowest BCUT2D eigenvalue weighted by Gasteiger charge is -2.08. The normalized spacial score (nSPS) is 10.9. The van der Waals surface area contributed by atoms with E-state index in [4.69, 9.17) is 10.6 Å². The van der Waals surface area contributed by atoms with Gasteiger partial charge in [0.2, 0.25) is 11.8 Å². The van der Waals surface area contributed by atoms with Gasteiger partial charge in [-0.25, -0.2) is 15.2 Å². The van der Waals surface area contributed by atoms with E-state index in [1.54, 1.807) is 6.07 Å². The molecule has 21 heavy (non-hydrogen) atoms. The molecule has 2 aromatic heterocycles. The quantitative estimate of drug-likeness (QED) is 0.540. The van der Waals surface area contributed by atoms with E-state index in [-0.39, 0.29) is 17.6 Å². The van der Waals surface area contributed by atoms with E-state index in [0.29, 0.717) is 4.47 Å². The van der Waals surface area contributed by atoms with Crippen LogP contribution in [-0.4, -0.2) is 9.97 Å². The molecule has 0 saturated heterocycles. The Hall–Kier alpha value is -1.77. The van der Waals surface area contributed by atoms with E-state index in [0.717, 1.165) is 15.1 Å². The van der Waals surface area contributed by atoms with Crippen molar-refractivity contribution in [3.05, 3.63) is 39.4 Å². The number of aryl methyl sites for hydroxylation is 1. The van der Waals surface area contributed by atoms with Crippen molar-refractivity contribution in [2.24, 2.45) is 5.84 Å². The second-order valence-corrected chi connectivity index (χ2v) is 6.40. The Morgan fingerprint density at radius 3 is 2.86 bits per heavy atom. The molecule has 0 radical (unpaired) electrons. The lowest BCUT2D eigenvalue weighted by atomic mass is 10.3. The van der Waals surface area contributed by atoms with Crippen LogP contribution in [0, 0.1) is 12.7 Å². The van der Waals surface area contributed by atoms with Crippen molar-refractivity contribution in [2.75, 3.05) is 5.43 Å². The van der Waals surface area contributed by atoms with Crippen molar-refractivity contribution in [1.29, 1.82) is 0 Å². The third kappa shape index (κ3) is 2.82. The highest BCUT2D eigenvalue weighted by molar-refractivity contribution is 9.10. The van der Waals surface area contributed by atoms with Crippen LogP contribution in [0.1, 0.15) is 4.88 Å². The summed E-state index contributed by atoms with van der Waals surface area (Å²) in [5.74, 6) is 5.44. The molecule has 3 N–H and O–H groups in total. The van der Waals surface area contributed by atoms with Crippen molar-refractivity contribution in [3.63, 3.8) is 0 Å². The largest absolute Gasteiger partial charge is 0.435 e. The molecule has 0 bridgehead atoms. The van der Waals surface area contributed by atoms with E-state index in [9.17, 15) is 4.39 Å². The lowest BCUT2D eigenvalue weighted by Crippen LogP contribution is -2.10. The molecule has 0 spiro atoms. The van der Waals surface area contributed by atoms with Crippen LogP contribution in [-0.2, 0) is 0 Å². The molecule has 0 unspecified atom stereocenters. The Kier molecular flexibility index (Phi) is 3.75.